The van der Waals surface area contributed by atoms with E-state index in [1.54, 1.807) is 24.3 Å². The van der Waals surface area contributed by atoms with Gasteiger partial charge in [-0.1, -0.05) is 23.8 Å². The molecule has 0 aliphatic carbocycles. The number of benzene rings is 2. The third kappa shape index (κ3) is 4.13. The summed E-state index contributed by atoms with van der Waals surface area (Å²) in [6, 6.07) is 16.8. The van der Waals surface area contributed by atoms with Gasteiger partial charge in [-0.25, -0.2) is 0 Å². The molecule has 3 rings (SSSR count). The van der Waals surface area contributed by atoms with Crippen LogP contribution in [0.25, 0.3) is 17.3 Å². The molecule has 0 aliphatic heterocycles. The first-order chi connectivity index (χ1) is 14.0. The number of aromatic nitrogens is 1. The lowest BCUT2D eigenvalue weighted by molar-refractivity contribution is 0.340. The molecule has 5 nitrogen and oxygen atoms in total. The lowest BCUT2D eigenvalue weighted by atomic mass is 10.1. The van der Waals surface area contributed by atoms with E-state index in [1.807, 2.05) is 57.2 Å². The van der Waals surface area contributed by atoms with Gasteiger partial charge in [0.05, 0.1) is 16.8 Å². The molecule has 0 aliphatic rings. The summed E-state index contributed by atoms with van der Waals surface area (Å²) in [5.74, 6) is 0.688. The highest BCUT2D eigenvalue weighted by Gasteiger charge is 2.12. The van der Waals surface area contributed by atoms with Crippen LogP contribution in [0.4, 0.5) is 0 Å². The van der Waals surface area contributed by atoms with Crippen LogP contribution in [-0.2, 0) is 0 Å². The molecule has 29 heavy (non-hydrogen) atoms. The molecular formula is C23H19N3O2S. The molecule has 0 amide bonds. The number of nitrogens with zero attached hydrogens (tertiary/aromatic N) is 3. The Morgan fingerprint density at radius 2 is 1.83 bits per heavy atom. The Hall–Kier alpha value is -3.61. The van der Waals surface area contributed by atoms with E-state index in [9.17, 15) is 15.3 Å². The highest BCUT2D eigenvalue weighted by atomic mass is 32.1. The van der Waals surface area contributed by atoms with Gasteiger partial charge in [-0.3, -0.25) is 9.36 Å². The van der Waals surface area contributed by atoms with Crippen LogP contribution < -0.4 is 19.5 Å². The molecule has 1 heterocycles. The zero-order chi connectivity index (χ0) is 21.0. The van der Waals surface area contributed by atoms with Crippen LogP contribution in [0.1, 0.15) is 23.6 Å². The quantitative estimate of drug-likeness (QED) is 0.673. The summed E-state index contributed by atoms with van der Waals surface area (Å²) < 4.78 is 7.65. The van der Waals surface area contributed by atoms with Crippen molar-refractivity contribution in [1.29, 1.82) is 10.5 Å². The van der Waals surface area contributed by atoms with Crippen molar-refractivity contribution in [2.45, 2.75) is 20.8 Å². The third-order valence-electron chi connectivity index (χ3n) is 4.38. The second-order valence-corrected chi connectivity index (χ2v) is 7.47. The summed E-state index contributed by atoms with van der Waals surface area (Å²) in [4.78, 5) is 13.2. The molecule has 6 heteroatoms. The van der Waals surface area contributed by atoms with E-state index in [0.717, 1.165) is 28.0 Å². The van der Waals surface area contributed by atoms with Gasteiger partial charge in [-0.2, -0.15) is 10.5 Å². The topological polar surface area (TPSA) is 78.8 Å². The average Bonchev–Trinajstić information content (AvgIpc) is 3.02. The van der Waals surface area contributed by atoms with Crippen LogP contribution in [0.2, 0.25) is 0 Å². The van der Waals surface area contributed by atoms with E-state index in [-0.39, 0.29) is 11.1 Å². The van der Waals surface area contributed by atoms with Crippen LogP contribution in [0.5, 0.6) is 5.75 Å². The SMILES string of the molecule is CCOc1ccc(-n2c(=C(C#N)C#N)s/c(=C/c3ccc(C)cc3C)c2=O)cc1. The van der Waals surface area contributed by atoms with E-state index >= 15 is 0 Å². The molecule has 0 unspecified atom stereocenters. The number of aryl methyl sites for hydroxylation is 2. The summed E-state index contributed by atoms with van der Waals surface area (Å²) in [6.45, 7) is 6.44. The minimum atomic E-state index is -0.267. The zero-order valence-electron chi connectivity index (χ0n) is 16.4. The Morgan fingerprint density at radius 1 is 1.14 bits per heavy atom. The number of rotatable bonds is 4. The number of ether oxygens (including phenoxy) is 1. The number of nitriles is 2. The van der Waals surface area contributed by atoms with Crippen LogP contribution in [0.3, 0.4) is 0 Å². The van der Waals surface area contributed by atoms with E-state index < -0.39 is 0 Å². The van der Waals surface area contributed by atoms with Crippen molar-refractivity contribution < 1.29 is 4.74 Å². The molecule has 0 saturated carbocycles. The number of hydrogen-bond donors (Lipinski definition) is 0. The first-order valence-electron chi connectivity index (χ1n) is 9.07. The van der Waals surface area contributed by atoms with Crippen molar-refractivity contribution in [3.63, 3.8) is 0 Å². The van der Waals surface area contributed by atoms with Gasteiger partial charge < -0.3 is 4.74 Å². The average molecular weight is 401 g/mol. The lowest BCUT2D eigenvalue weighted by Gasteiger charge is -2.05. The molecule has 0 saturated heterocycles. The van der Waals surface area contributed by atoms with Crippen LogP contribution >= 0.6 is 11.3 Å². The molecule has 144 valence electrons. The second-order valence-electron chi connectivity index (χ2n) is 6.44. The monoisotopic (exact) mass is 401 g/mol. The number of thiazole rings is 1. The van der Waals surface area contributed by atoms with Crippen molar-refractivity contribution in [2.24, 2.45) is 0 Å². The smallest absolute Gasteiger partial charge is 0.273 e. The highest BCUT2D eigenvalue weighted by molar-refractivity contribution is 7.07. The fraction of sp³-hybridized carbons (Fsp3) is 0.174. The molecule has 0 bridgehead atoms. The second kappa shape index (κ2) is 8.60. The van der Waals surface area contributed by atoms with Crippen molar-refractivity contribution in [3.8, 4) is 23.6 Å². The maximum Gasteiger partial charge on any atom is 0.273 e. The molecule has 1 aromatic heterocycles. The molecular weight excluding hydrogens is 382 g/mol. The zero-order valence-corrected chi connectivity index (χ0v) is 17.2. The minimum absolute atomic E-state index is 0.0961. The largest absolute Gasteiger partial charge is 0.494 e. The standard InChI is InChI=1S/C23H19N3O2S/c1-4-28-20-9-7-19(8-10-20)26-22(27)21(29-23(26)18(13-24)14-25)12-17-6-5-15(2)11-16(17)3/h5-12H,4H2,1-3H3/b21-12+. The van der Waals surface area contributed by atoms with Gasteiger partial charge in [0.1, 0.15) is 22.6 Å². The molecule has 0 fully saturated rings. The molecule has 3 aromatic rings. The van der Waals surface area contributed by atoms with Crippen molar-refractivity contribution in [2.75, 3.05) is 6.61 Å². The van der Waals surface area contributed by atoms with E-state index in [0.29, 0.717) is 27.2 Å². The Kier molecular flexibility index (Phi) is 5.97. The molecule has 0 N–H and O–H groups in total. The first kappa shape index (κ1) is 20.1. The van der Waals surface area contributed by atoms with Crippen LogP contribution in [-0.4, -0.2) is 11.2 Å². The normalized spacial score (nSPS) is 11.0. The van der Waals surface area contributed by atoms with Crippen molar-refractivity contribution >= 4 is 23.0 Å². The van der Waals surface area contributed by atoms with Crippen LogP contribution in [0.15, 0.2) is 47.3 Å². The van der Waals surface area contributed by atoms with Gasteiger partial charge in [0.2, 0.25) is 0 Å². The van der Waals surface area contributed by atoms with Crippen molar-refractivity contribution in [3.05, 3.63) is 78.7 Å². The van der Waals surface area contributed by atoms with E-state index in [2.05, 4.69) is 0 Å². The molecule has 0 spiro atoms. The highest BCUT2D eigenvalue weighted by Crippen LogP contribution is 2.14. The predicted octanol–water partition coefficient (Wildman–Crippen LogP) is 2.94. The predicted molar refractivity (Wildman–Crippen MR) is 114 cm³/mol. The van der Waals surface area contributed by atoms with Crippen molar-refractivity contribution in [1.82, 2.24) is 4.57 Å². The first-order valence-corrected chi connectivity index (χ1v) is 9.88. The van der Waals surface area contributed by atoms with Gasteiger partial charge >= 0.3 is 0 Å². The fourth-order valence-electron chi connectivity index (χ4n) is 2.99. The Bertz CT molecular complexity index is 1300. The molecule has 0 atom stereocenters. The van der Waals surface area contributed by atoms with E-state index in [4.69, 9.17) is 4.74 Å². The molecule has 0 radical (unpaired) electrons. The third-order valence-corrected chi connectivity index (χ3v) is 5.47. The van der Waals surface area contributed by atoms with Gasteiger partial charge in [-0.05, 0) is 62.2 Å². The van der Waals surface area contributed by atoms with Gasteiger partial charge in [0, 0.05) is 0 Å². The summed E-state index contributed by atoms with van der Waals surface area (Å²) in [5, 5.41) is 18.8. The number of hydrogen-bond acceptors (Lipinski definition) is 5. The lowest BCUT2D eigenvalue weighted by Crippen LogP contribution is -2.30. The Labute approximate surface area is 172 Å². The summed E-state index contributed by atoms with van der Waals surface area (Å²) in [7, 11) is 0. The molecule has 2 aromatic carbocycles. The minimum Gasteiger partial charge on any atom is -0.494 e. The summed E-state index contributed by atoms with van der Waals surface area (Å²) in [6.07, 6.45) is 1.81. The Morgan fingerprint density at radius 3 is 2.41 bits per heavy atom. The van der Waals surface area contributed by atoms with Gasteiger partial charge in [0.25, 0.3) is 5.56 Å². The summed E-state index contributed by atoms with van der Waals surface area (Å²) in [5.41, 5.74) is 3.33. The van der Waals surface area contributed by atoms with E-state index in [1.165, 1.54) is 4.57 Å². The summed E-state index contributed by atoms with van der Waals surface area (Å²) >= 11 is 1.14. The van der Waals surface area contributed by atoms with Gasteiger partial charge in [0.15, 0.2) is 5.57 Å². The Balaban J connectivity index is 2.30. The van der Waals surface area contributed by atoms with Gasteiger partial charge in [-0.15, -0.1) is 11.3 Å². The fourth-order valence-corrected chi connectivity index (χ4v) is 4.04. The van der Waals surface area contributed by atoms with Crippen LogP contribution in [0, 0.1) is 36.5 Å². The maximum absolute atomic E-state index is 13.2. The maximum atomic E-state index is 13.2.